The van der Waals surface area contributed by atoms with Gasteiger partial charge in [-0.2, -0.15) is 0 Å². The first kappa shape index (κ1) is 13.2. The van der Waals surface area contributed by atoms with E-state index in [9.17, 15) is 0 Å². The number of anilines is 1. The van der Waals surface area contributed by atoms with Crippen molar-refractivity contribution in [2.75, 3.05) is 5.32 Å². The Labute approximate surface area is 122 Å². The molecule has 0 radical (unpaired) electrons. The summed E-state index contributed by atoms with van der Waals surface area (Å²) in [6, 6.07) is 17.7. The molecule has 3 rings (SSSR count). The molecule has 0 saturated heterocycles. The molecule has 1 heteroatoms. The van der Waals surface area contributed by atoms with E-state index in [1.807, 2.05) is 0 Å². The van der Waals surface area contributed by atoms with Crippen LogP contribution in [-0.2, 0) is 5.41 Å². The van der Waals surface area contributed by atoms with Gasteiger partial charge in [-0.1, -0.05) is 49.4 Å². The van der Waals surface area contributed by atoms with E-state index in [-0.39, 0.29) is 11.0 Å². The summed E-state index contributed by atoms with van der Waals surface area (Å²) in [5, 5.41) is 3.70. The average molecular weight is 265 g/mol. The maximum atomic E-state index is 3.70. The van der Waals surface area contributed by atoms with Crippen LogP contribution in [0.5, 0.6) is 0 Å². The monoisotopic (exact) mass is 265 g/mol. The summed E-state index contributed by atoms with van der Waals surface area (Å²) < 4.78 is 0. The first-order valence-corrected chi connectivity index (χ1v) is 7.36. The van der Waals surface area contributed by atoms with Crippen LogP contribution in [0.25, 0.3) is 0 Å². The van der Waals surface area contributed by atoms with Crippen molar-refractivity contribution in [2.45, 2.75) is 45.1 Å². The quantitative estimate of drug-likeness (QED) is 0.773. The zero-order chi connectivity index (χ0) is 14.4. The molecule has 1 unspecified atom stereocenters. The number of rotatable bonds is 1. The molecular weight excluding hydrogens is 242 g/mol. The second-order valence-corrected chi connectivity index (χ2v) is 6.93. The summed E-state index contributed by atoms with van der Waals surface area (Å²) in [6.07, 6.45) is 1.10. The van der Waals surface area contributed by atoms with Crippen molar-refractivity contribution in [1.82, 2.24) is 0 Å². The first-order valence-electron chi connectivity index (χ1n) is 7.36. The van der Waals surface area contributed by atoms with Gasteiger partial charge >= 0.3 is 0 Å². The van der Waals surface area contributed by atoms with Gasteiger partial charge in [0.15, 0.2) is 0 Å². The molecule has 1 nitrogen and oxygen atoms in total. The fourth-order valence-corrected chi connectivity index (χ4v) is 3.69. The molecule has 1 aliphatic rings. The van der Waals surface area contributed by atoms with Crippen LogP contribution in [0.2, 0.25) is 0 Å². The van der Waals surface area contributed by atoms with Crippen LogP contribution in [0.4, 0.5) is 5.69 Å². The highest BCUT2D eigenvalue weighted by atomic mass is 15.0. The summed E-state index contributed by atoms with van der Waals surface area (Å²) >= 11 is 0. The Balaban J connectivity index is 2.21. The minimum atomic E-state index is 0.0685. The van der Waals surface area contributed by atoms with Gasteiger partial charge in [0.2, 0.25) is 0 Å². The molecule has 2 aromatic rings. The number of aryl methyl sites for hydroxylation is 1. The predicted octanol–water partition coefficient (Wildman–Crippen LogP) is 4.90. The third kappa shape index (κ3) is 2.11. The van der Waals surface area contributed by atoms with Crippen molar-refractivity contribution < 1.29 is 0 Å². The highest BCUT2D eigenvalue weighted by Crippen LogP contribution is 2.47. The molecule has 0 amide bonds. The van der Waals surface area contributed by atoms with Gasteiger partial charge in [-0.15, -0.1) is 0 Å². The van der Waals surface area contributed by atoms with Gasteiger partial charge in [0.1, 0.15) is 0 Å². The number of fused-ring (bicyclic) bond motifs is 1. The standard InChI is InChI=1S/C19H23N/c1-14-10-11-16-17(12-14)20-18(2,3)13-19(16,4)15-8-6-5-7-9-15/h5-12,20H,13H2,1-4H3. The van der Waals surface area contributed by atoms with E-state index >= 15 is 0 Å². The van der Waals surface area contributed by atoms with Crippen molar-refractivity contribution in [1.29, 1.82) is 0 Å². The Morgan fingerprint density at radius 2 is 1.65 bits per heavy atom. The Morgan fingerprint density at radius 1 is 0.950 bits per heavy atom. The van der Waals surface area contributed by atoms with Crippen LogP contribution >= 0.6 is 0 Å². The third-order valence-electron chi connectivity index (χ3n) is 4.45. The van der Waals surface area contributed by atoms with E-state index in [4.69, 9.17) is 0 Å². The highest BCUT2D eigenvalue weighted by Gasteiger charge is 2.41. The normalized spacial score (nSPS) is 23.8. The Kier molecular flexibility index (Phi) is 2.89. The number of benzene rings is 2. The molecule has 20 heavy (non-hydrogen) atoms. The molecule has 1 N–H and O–H groups in total. The molecule has 1 aliphatic heterocycles. The van der Waals surface area contributed by atoms with Gasteiger partial charge < -0.3 is 5.32 Å². The fourth-order valence-electron chi connectivity index (χ4n) is 3.69. The molecule has 2 aromatic carbocycles. The van der Waals surface area contributed by atoms with Crippen molar-refractivity contribution in [3.05, 3.63) is 65.2 Å². The molecule has 0 aromatic heterocycles. The molecule has 0 bridgehead atoms. The first-order chi connectivity index (χ1) is 9.41. The zero-order valence-electron chi connectivity index (χ0n) is 12.8. The lowest BCUT2D eigenvalue weighted by Gasteiger charge is -2.46. The van der Waals surface area contributed by atoms with E-state index in [1.54, 1.807) is 0 Å². The minimum Gasteiger partial charge on any atom is -0.380 e. The Bertz CT molecular complexity index is 627. The largest absolute Gasteiger partial charge is 0.380 e. The SMILES string of the molecule is Cc1ccc2c(c1)NC(C)(C)CC2(C)c1ccccc1. The molecule has 104 valence electrons. The van der Waals surface area contributed by atoms with Crippen molar-refractivity contribution >= 4 is 5.69 Å². The van der Waals surface area contributed by atoms with Crippen LogP contribution in [0, 0.1) is 6.92 Å². The lowest BCUT2D eigenvalue weighted by atomic mass is 9.66. The Morgan fingerprint density at radius 3 is 2.35 bits per heavy atom. The maximum absolute atomic E-state index is 3.70. The molecule has 0 fully saturated rings. The average Bonchev–Trinajstić information content (AvgIpc) is 2.37. The lowest BCUT2D eigenvalue weighted by molar-refractivity contribution is 0.378. The minimum absolute atomic E-state index is 0.0685. The van der Waals surface area contributed by atoms with Crippen LogP contribution in [0.1, 0.15) is 43.9 Å². The smallest absolute Gasteiger partial charge is 0.0388 e. The van der Waals surface area contributed by atoms with Crippen LogP contribution in [-0.4, -0.2) is 5.54 Å². The molecule has 0 aliphatic carbocycles. The topological polar surface area (TPSA) is 12.0 Å². The summed E-state index contributed by atoms with van der Waals surface area (Å²) in [4.78, 5) is 0. The summed E-state index contributed by atoms with van der Waals surface area (Å²) in [5.41, 5.74) is 5.58. The van der Waals surface area contributed by atoms with Gasteiger partial charge in [-0.05, 0) is 49.9 Å². The van der Waals surface area contributed by atoms with E-state index in [0.717, 1.165) is 6.42 Å². The second-order valence-electron chi connectivity index (χ2n) is 6.93. The van der Waals surface area contributed by atoms with Crippen LogP contribution in [0.3, 0.4) is 0 Å². The van der Waals surface area contributed by atoms with Crippen LogP contribution < -0.4 is 5.32 Å². The zero-order valence-corrected chi connectivity index (χ0v) is 12.8. The highest BCUT2D eigenvalue weighted by molar-refractivity contribution is 5.63. The Hall–Kier alpha value is -1.76. The maximum Gasteiger partial charge on any atom is 0.0388 e. The van der Waals surface area contributed by atoms with Gasteiger partial charge in [0.05, 0.1) is 0 Å². The van der Waals surface area contributed by atoms with Crippen molar-refractivity contribution in [2.24, 2.45) is 0 Å². The lowest BCUT2D eigenvalue weighted by Crippen LogP contribution is -2.45. The summed E-state index contributed by atoms with van der Waals surface area (Å²) in [6.45, 7) is 9.11. The van der Waals surface area contributed by atoms with Crippen LogP contribution in [0.15, 0.2) is 48.5 Å². The fraction of sp³-hybridized carbons (Fsp3) is 0.368. The summed E-state index contributed by atoms with van der Waals surface area (Å²) in [7, 11) is 0. The second kappa shape index (κ2) is 4.37. The molecule has 0 spiro atoms. The number of hydrogen-bond acceptors (Lipinski definition) is 1. The van der Waals surface area contributed by atoms with E-state index in [1.165, 1.54) is 22.4 Å². The van der Waals surface area contributed by atoms with Crippen molar-refractivity contribution in [3.8, 4) is 0 Å². The van der Waals surface area contributed by atoms with E-state index < -0.39 is 0 Å². The van der Waals surface area contributed by atoms with Gasteiger partial charge in [0, 0.05) is 16.6 Å². The van der Waals surface area contributed by atoms with Gasteiger partial charge in [-0.3, -0.25) is 0 Å². The molecule has 1 atom stereocenters. The van der Waals surface area contributed by atoms with Gasteiger partial charge in [-0.25, -0.2) is 0 Å². The van der Waals surface area contributed by atoms with Gasteiger partial charge in [0.25, 0.3) is 0 Å². The van der Waals surface area contributed by atoms with E-state index in [0.29, 0.717) is 0 Å². The predicted molar refractivity (Wildman–Crippen MR) is 86.4 cm³/mol. The molecular formula is C19H23N. The van der Waals surface area contributed by atoms with E-state index in [2.05, 4.69) is 81.5 Å². The molecule has 1 heterocycles. The summed E-state index contributed by atoms with van der Waals surface area (Å²) in [5.74, 6) is 0. The van der Waals surface area contributed by atoms with Crippen molar-refractivity contribution in [3.63, 3.8) is 0 Å². The third-order valence-corrected chi connectivity index (χ3v) is 4.45. The number of nitrogens with one attached hydrogen (secondary N) is 1. The number of hydrogen-bond donors (Lipinski definition) is 1. The molecule has 0 saturated carbocycles.